The number of rotatable bonds is 3. The number of hydrogen-bond donors (Lipinski definition) is 0. The predicted molar refractivity (Wildman–Crippen MR) is 79.4 cm³/mol. The number of amides is 1. The van der Waals surface area contributed by atoms with Crippen LogP contribution in [-0.4, -0.2) is 38.0 Å². The van der Waals surface area contributed by atoms with Gasteiger partial charge in [0.2, 0.25) is 0 Å². The second-order valence-corrected chi connectivity index (χ2v) is 4.75. The van der Waals surface area contributed by atoms with Crippen LogP contribution in [0.25, 0.3) is 11.0 Å². The molecule has 8 nitrogen and oxygen atoms in total. The molecule has 0 aliphatic heterocycles. The van der Waals surface area contributed by atoms with E-state index in [1.54, 1.807) is 6.92 Å². The first-order valence-corrected chi connectivity index (χ1v) is 6.65. The van der Waals surface area contributed by atoms with E-state index in [1.165, 1.54) is 35.7 Å². The van der Waals surface area contributed by atoms with Crippen molar-refractivity contribution >= 4 is 16.9 Å². The van der Waals surface area contributed by atoms with Crippen molar-refractivity contribution < 1.29 is 4.79 Å². The molecule has 0 N–H and O–H groups in total. The van der Waals surface area contributed by atoms with Gasteiger partial charge in [-0.1, -0.05) is 0 Å². The highest BCUT2D eigenvalue weighted by Gasteiger charge is 2.17. The molecule has 0 spiro atoms. The molecule has 2 rings (SSSR count). The molecule has 8 heteroatoms. The molecule has 1 amide bonds. The van der Waals surface area contributed by atoms with Crippen LogP contribution >= 0.6 is 0 Å². The van der Waals surface area contributed by atoms with Crippen LogP contribution in [-0.2, 0) is 14.1 Å². The van der Waals surface area contributed by atoms with Crippen molar-refractivity contribution in [3.63, 3.8) is 0 Å². The first kappa shape index (κ1) is 15.4. The highest BCUT2D eigenvalue weighted by Crippen LogP contribution is 2.08. The number of nitrogens with zero attached hydrogens (tertiary/aromatic N) is 5. The number of hydrogen-bond acceptors (Lipinski definition) is 5. The lowest BCUT2D eigenvalue weighted by atomic mass is 10.2. The van der Waals surface area contributed by atoms with Crippen LogP contribution in [0.15, 0.2) is 21.7 Å². The SMILES string of the molecule is CCN(CC#N)C(=O)c1ccc2c(=O)n(C)c(=O)n(C)c2n1. The predicted octanol–water partition coefficient (Wildman–Crippen LogP) is -0.382. The van der Waals surface area contributed by atoms with Gasteiger partial charge in [0.15, 0.2) is 0 Å². The maximum absolute atomic E-state index is 12.3. The van der Waals surface area contributed by atoms with Gasteiger partial charge in [-0.3, -0.25) is 18.7 Å². The first-order chi connectivity index (χ1) is 10.4. The Morgan fingerprint density at radius 2 is 2.00 bits per heavy atom. The summed E-state index contributed by atoms with van der Waals surface area (Å²) >= 11 is 0. The molecule has 0 atom stereocenters. The van der Waals surface area contributed by atoms with Crippen molar-refractivity contribution in [3.05, 3.63) is 38.7 Å². The van der Waals surface area contributed by atoms with Crippen LogP contribution < -0.4 is 11.2 Å². The molecule has 0 aliphatic rings. The van der Waals surface area contributed by atoms with Gasteiger partial charge in [-0.05, 0) is 19.1 Å². The highest BCUT2D eigenvalue weighted by atomic mass is 16.2. The fraction of sp³-hybridized carbons (Fsp3) is 0.357. The molecule has 114 valence electrons. The first-order valence-electron chi connectivity index (χ1n) is 6.65. The Morgan fingerprint density at radius 1 is 1.32 bits per heavy atom. The summed E-state index contributed by atoms with van der Waals surface area (Å²) in [5.41, 5.74) is -0.743. The second-order valence-electron chi connectivity index (χ2n) is 4.75. The Labute approximate surface area is 125 Å². The van der Waals surface area contributed by atoms with E-state index in [1.807, 2.05) is 6.07 Å². The van der Waals surface area contributed by atoms with Crippen LogP contribution in [0.2, 0.25) is 0 Å². The number of pyridine rings is 1. The Morgan fingerprint density at radius 3 is 2.59 bits per heavy atom. The van der Waals surface area contributed by atoms with E-state index in [0.29, 0.717) is 6.54 Å². The van der Waals surface area contributed by atoms with Gasteiger partial charge in [-0.15, -0.1) is 0 Å². The van der Waals surface area contributed by atoms with Crippen LogP contribution in [0.5, 0.6) is 0 Å². The minimum absolute atomic E-state index is 0.0511. The van der Waals surface area contributed by atoms with E-state index in [9.17, 15) is 14.4 Å². The number of aryl methyl sites for hydroxylation is 1. The molecule has 0 saturated carbocycles. The molecule has 0 fully saturated rings. The van der Waals surface area contributed by atoms with Gasteiger partial charge in [0.1, 0.15) is 17.9 Å². The van der Waals surface area contributed by atoms with E-state index in [4.69, 9.17) is 5.26 Å². The third kappa shape index (κ3) is 2.37. The van der Waals surface area contributed by atoms with E-state index < -0.39 is 17.2 Å². The third-order valence-electron chi connectivity index (χ3n) is 3.45. The van der Waals surface area contributed by atoms with Gasteiger partial charge in [0.05, 0.1) is 11.5 Å². The van der Waals surface area contributed by atoms with Crippen LogP contribution in [0, 0.1) is 11.3 Å². The number of fused-ring (bicyclic) bond motifs is 1. The van der Waals surface area contributed by atoms with Crippen LogP contribution in [0.3, 0.4) is 0 Å². The molecule has 0 aromatic carbocycles. The summed E-state index contributed by atoms with van der Waals surface area (Å²) in [4.78, 5) is 41.7. The minimum atomic E-state index is -0.515. The molecule has 0 bridgehead atoms. The lowest BCUT2D eigenvalue weighted by Gasteiger charge is -2.17. The Bertz CT molecular complexity index is 904. The summed E-state index contributed by atoms with van der Waals surface area (Å²) in [6.07, 6.45) is 0. The number of carbonyl (C=O) groups is 1. The fourth-order valence-corrected chi connectivity index (χ4v) is 2.15. The van der Waals surface area contributed by atoms with Crippen molar-refractivity contribution in [2.24, 2.45) is 14.1 Å². The molecule has 2 aromatic rings. The average Bonchev–Trinajstić information content (AvgIpc) is 2.54. The van der Waals surface area contributed by atoms with Gasteiger partial charge >= 0.3 is 5.69 Å². The Kier molecular flexibility index (Phi) is 4.08. The molecule has 2 heterocycles. The van der Waals surface area contributed by atoms with E-state index in [-0.39, 0.29) is 23.3 Å². The standard InChI is InChI=1S/C14H15N5O3/c1-4-19(8-7-15)13(21)10-6-5-9-11(16-10)17(2)14(22)18(3)12(9)20/h5-6H,4,8H2,1-3H3. The number of aromatic nitrogens is 3. The van der Waals surface area contributed by atoms with Crippen molar-refractivity contribution in [1.82, 2.24) is 19.0 Å². The molecular weight excluding hydrogens is 286 g/mol. The summed E-state index contributed by atoms with van der Waals surface area (Å²) in [6, 6.07) is 4.81. The molecule has 0 radical (unpaired) electrons. The minimum Gasteiger partial charge on any atom is -0.324 e. The molecule has 2 aromatic heterocycles. The van der Waals surface area contributed by atoms with Gasteiger partial charge in [0.25, 0.3) is 11.5 Å². The average molecular weight is 301 g/mol. The maximum atomic E-state index is 12.3. The van der Waals surface area contributed by atoms with Crippen molar-refractivity contribution in [2.75, 3.05) is 13.1 Å². The molecule has 22 heavy (non-hydrogen) atoms. The van der Waals surface area contributed by atoms with Gasteiger partial charge in [0, 0.05) is 20.6 Å². The van der Waals surface area contributed by atoms with E-state index >= 15 is 0 Å². The topological polar surface area (TPSA) is 101 Å². The quantitative estimate of drug-likeness (QED) is 0.719. The zero-order valence-corrected chi connectivity index (χ0v) is 12.5. The third-order valence-corrected chi connectivity index (χ3v) is 3.45. The molecule has 0 unspecified atom stereocenters. The summed E-state index contributed by atoms with van der Waals surface area (Å²) in [6.45, 7) is 2.06. The van der Waals surface area contributed by atoms with Crippen molar-refractivity contribution in [1.29, 1.82) is 5.26 Å². The lowest BCUT2D eigenvalue weighted by Crippen LogP contribution is -2.38. The van der Waals surface area contributed by atoms with Crippen molar-refractivity contribution in [3.8, 4) is 6.07 Å². The fourth-order valence-electron chi connectivity index (χ4n) is 2.15. The van der Waals surface area contributed by atoms with E-state index in [0.717, 1.165) is 4.57 Å². The van der Waals surface area contributed by atoms with Crippen molar-refractivity contribution in [2.45, 2.75) is 6.92 Å². The molecular formula is C14H15N5O3. The summed E-state index contributed by atoms with van der Waals surface area (Å²) in [5.74, 6) is -0.418. The molecule has 0 aliphatic carbocycles. The Balaban J connectivity index is 2.66. The number of carbonyl (C=O) groups excluding carboxylic acids is 1. The normalized spacial score (nSPS) is 10.5. The van der Waals surface area contributed by atoms with Gasteiger partial charge in [-0.25, -0.2) is 9.78 Å². The smallest absolute Gasteiger partial charge is 0.324 e. The highest BCUT2D eigenvalue weighted by molar-refractivity contribution is 5.94. The van der Waals surface area contributed by atoms with Gasteiger partial charge in [-0.2, -0.15) is 5.26 Å². The lowest BCUT2D eigenvalue weighted by molar-refractivity contribution is 0.0778. The van der Waals surface area contributed by atoms with Crippen LogP contribution in [0.4, 0.5) is 0 Å². The Hall–Kier alpha value is -2.95. The maximum Gasteiger partial charge on any atom is 0.332 e. The monoisotopic (exact) mass is 301 g/mol. The molecule has 0 saturated heterocycles. The number of nitriles is 1. The summed E-state index contributed by atoms with van der Waals surface area (Å²) in [7, 11) is 2.87. The zero-order chi connectivity index (χ0) is 16.4. The second kappa shape index (κ2) is 5.81. The van der Waals surface area contributed by atoms with Crippen LogP contribution in [0.1, 0.15) is 17.4 Å². The van der Waals surface area contributed by atoms with E-state index in [2.05, 4.69) is 4.98 Å². The summed E-state index contributed by atoms with van der Waals surface area (Å²) < 4.78 is 2.20. The zero-order valence-electron chi connectivity index (χ0n) is 12.5. The van der Waals surface area contributed by atoms with Gasteiger partial charge < -0.3 is 4.90 Å². The largest absolute Gasteiger partial charge is 0.332 e. The summed E-state index contributed by atoms with van der Waals surface area (Å²) in [5, 5.41) is 8.98.